The molecule has 0 bridgehead atoms. The number of aromatic nitrogens is 3. The number of aryl methyl sites for hydroxylation is 1. The van der Waals surface area contributed by atoms with Gasteiger partial charge in [-0.3, -0.25) is 4.68 Å². The van der Waals surface area contributed by atoms with Crippen LogP contribution in [-0.4, -0.2) is 28.4 Å². The molecule has 17 heavy (non-hydrogen) atoms. The highest BCUT2D eigenvalue weighted by atomic mass is 16.5. The van der Waals surface area contributed by atoms with Gasteiger partial charge < -0.3 is 10.1 Å². The molecule has 0 amide bonds. The summed E-state index contributed by atoms with van der Waals surface area (Å²) in [6.45, 7) is 0.805. The molecule has 0 aliphatic carbocycles. The van der Waals surface area contributed by atoms with Crippen LogP contribution in [0, 0.1) is 0 Å². The van der Waals surface area contributed by atoms with Crippen LogP contribution < -0.4 is 10.1 Å². The van der Waals surface area contributed by atoms with Crippen LogP contribution in [0.3, 0.4) is 0 Å². The summed E-state index contributed by atoms with van der Waals surface area (Å²) in [7, 11) is 3.56. The van der Waals surface area contributed by atoms with E-state index in [9.17, 15) is 0 Å². The van der Waals surface area contributed by atoms with Gasteiger partial charge in [0.25, 0.3) is 0 Å². The molecule has 0 radical (unpaired) electrons. The van der Waals surface area contributed by atoms with Crippen molar-refractivity contribution in [3.8, 4) is 5.75 Å². The van der Waals surface area contributed by atoms with E-state index in [0.717, 1.165) is 24.5 Å². The molecule has 0 saturated carbocycles. The van der Waals surface area contributed by atoms with Gasteiger partial charge in [-0.1, -0.05) is 0 Å². The summed E-state index contributed by atoms with van der Waals surface area (Å²) >= 11 is 0. The highest BCUT2D eigenvalue weighted by molar-refractivity contribution is 5.49. The predicted octanol–water partition coefficient (Wildman–Crippen LogP) is 1.48. The molecule has 2 rings (SSSR count). The smallest absolute Gasteiger partial charge is 0.168 e. The maximum Gasteiger partial charge on any atom is 0.168 e. The third kappa shape index (κ3) is 2.96. The average molecular weight is 232 g/mol. The lowest BCUT2D eigenvalue weighted by molar-refractivity contribution is 0.415. The Labute approximate surface area is 100 Å². The molecule has 0 spiro atoms. The van der Waals surface area contributed by atoms with Gasteiger partial charge >= 0.3 is 0 Å². The van der Waals surface area contributed by atoms with Crippen molar-refractivity contribution in [3.63, 3.8) is 0 Å². The summed E-state index contributed by atoms with van der Waals surface area (Å²) in [6.07, 6.45) is 6.54. The van der Waals surface area contributed by atoms with Gasteiger partial charge in [-0.05, 0) is 24.1 Å². The van der Waals surface area contributed by atoms with Gasteiger partial charge in [-0.15, -0.1) is 0 Å². The average Bonchev–Trinajstić information content (AvgIpc) is 2.76. The number of hydrogen-bond acceptors (Lipinski definition) is 4. The zero-order chi connectivity index (χ0) is 12.1. The SMILES string of the molecule is COc1cccnc1NCCc1cnn(C)c1. The second-order valence-corrected chi connectivity index (χ2v) is 3.75. The van der Waals surface area contributed by atoms with Crippen molar-refractivity contribution in [1.29, 1.82) is 0 Å². The van der Waals surface area contributed by atoms with E-state index < -0.39 is 0 Å². The molecule has 5 nitrogen and oxygen atoms in total. The largest absolute Gasteiger partial charge is 0.493 e. The van der Waals surface area contributed by atoms with E-state index in [-0.39, 0.29) is 0 Å². The van der Waals surface area contributed by atoms with Crippen LogP contribution in [0.15, 0.2) is 30.7 Å². The Kier molecular flexibility index (Phi) is 3.59. The van der Waals surface area contributed by atoms with Gasteiger partial charge in [0.05, 0.1) is 13.3 Å². The van der Waals surface area contributed by atoms with E-state index in [1.807, 2.05) is 31.6 Å². The van der Waals surface area contributed by atoms with Crippen LogP contribution in [0.4, 0.5) is 5.82 Å². The summed E-state index contributed by atoms with van der Waals surface area (Å²) in [5.41, 5.74) is 1.20. The second-order valence-electron chi connectivity index (χ2n) is 3.75. The predicted molar refractivity (Wildman–Crippen MR) is 66.2 cm³/mol. The number of ether oxygens (including phenoxy) is 1. The van der Waals surface area contributed by atoms with Crippen molar-refractivity contribution >= 4 is 5.82 Å². The summed E-state index contributed by atoms with van der Waals surface area (Å²) < 4.78 is 7.01. The van der Waals surface area contributed by atoms with Crippen molar-refractivity contribution in [1.82, 2.24) is 14.8 Å². The van der Waals surface area contributed by atoms with Crippen LogP contribution in [-0.2, 0) is 13.5 Å². The molecular weight excluding hydrogens is 216 g/mol. The Hall–Kier alpha value is -2.04. The van der Waals surface area contributed by atoms with Crippen LogP contribution in [0.2, 0.25) is 0 Å². The van der Waals surface area contributed by atoms with E-state index in [0.29, 0.717) is 0 Å². The second kappa shape index (κ2) is 5.34. The zero-order valence-corrected chi connectivity index (χ0v) is 10.1. The molecule has 0 fully saturated rings. The van der Waals surface area contributed by atoms with Crippen molar-refractivity contribution in [2.45, 2.75) is 6.42 Å². The maximum absolute atomic E-state index is 5.21. The minimum atomic E-state index is 0.763. The van der Waals surface area contributed by atoms with Gasteiger partial charge in [0, 0.05) is 26.0 Å². The van der Waals surface area contributed by atoms with Crippen LogP contribution in [0.5, 0.6) is 5.75 Å². The molecular formula is C12H16N4O. The van der Waals surface area contributed by atoms with E-state index in [2.05, 4.69) is 15.4 Å². The van der Waals surface area contributed by atoms with E-state index in [1.165, 1.54) is 5.56 Å². The first-order chi connectivity index (χ1) is 8.29. The molecule has 1 N–H and O–H groups in total. The van der Waals surface area contributed by atoms with Crippen LogP contribution in [0.1, 0.15) is 5.56 Å². The molecule has 2 heterocycles. The number of methoxy groups -OCH3 is 1. The van der Waals surface area contributed by atoms with Gasteiger partial charge in [0.15, 0.2) is 11.6 Å². The van der Waals surface area contributed by atoms with Gasteiger partial charge in [-0.2, -0.15) is 5.10 Å². The summed E-state index contributed by atoms with van der Waals surface area (Å²) in [5, 5.41) is 7.37. The topological polar surface area (TPSA) is 52.0 Å². The maximum atomic E-state index is 5.21. The third-order valence-electron chi connectivity index (χ3n) is 2.46. The molecule has 0 aliphatic heterocycles. The monoisotopic (exact) mass is 232 g/mol. The fourth-order valence-corrected chi connectivity index (χ4v) is 1.61. The number of rotatable bonds is 5. The lowest BCUT2D eigenvalue weighted by Gasteiger charge is -2.08. The molecule has 0 saturated heterocycles. The standard InChI is InChI=1S/C12H16N4O/c1-16-9-10(8-15-16)5-7-14-12-11(17-2)4-3-6-13-12/h3-4,6,8-9H,5,7H2,1-2H3,(H,13,14). The van der Waals surface area contributed by atoms with E-state index >= 15 is 0 Å². The zero-order valence-electron chi connectivity index (χ0n) is 10.1. The van der Waals surface area contributed by atoms with Crippen molar-refractivity contribution < 1.29 is 4.74 Å². The third-order valence-corrected chi connectivity index (χ3v) is 2.46. The fourth-order valence-electron chi connectivity index (χ4n) is 1.61. The highest BCUT2D eigenvalue weighted by Gasteiger charge is 2.02. The first-order valence-electron chi connectivity index (χ1n) is 5.50. The normalized spacial score (nSPS) is 10.2. The fraction of sp³-hybridized carbons (Fsp3) is 0.333. The number of nitrogens with one attached hydrogen (secondary N) is 1. The molecule has 0 aliphatic rings. The Morgan fingerprint density at radius 3 is 3.06 bits per heavy atom. The Balaban J connectivity index is 1.89. The molecule has 0 aromatic carbocycles. The minimum Gasteiger partial charge on any atom is -0.493 e. The van der Waals surface area contributed by atoms with Gasteiger partial charge in [-0.25, -0.2) is 4.98 Å². The molecule has 2 aromatic heterocycles. The number of anilines is 1. The lowest BCUT2D eigenvalue weighted by Crippen LogP contribution is -2.07. The number of pyridine rings is 1. The molecule has 5 heteroatoms. The van der Waals surface area contributed by atoms with E-state index in [4.69, 9.17) is 4.74 Å². The Morgan fingerprint density at radius 2 is 2.35 bits per heavy atom. The molecule has 2 aromatic rings. The molecule has 90 valence electrons. The van der Waals surface area contributed by atoms with Gasteiger partial charge in [0.2, 0.25) is 0 Å². The van der Waals surface area contributed by atoms with Crippen molar-refractivity contribution in [3.05, 3.63) is 36.3 Å². The highest BCUT2D eigenvalue weighted by Crippen LogP contribution is 2.19. The summed E-state index contributed by atoms with van der Waals surface area (Å²) in [4.78, 5) is 4.23. The molecule has 0 unspecified atom stereocenters. The minimum absolute atomic E-state index is 0.763. The summed E-state index contributed by atoms with van der Waals surface area (Å²) in [5.74, 6) is 1.54. The van der Waals surface area contributed by atoms with Crippen LogP contribution >= 0.6 is 0 Å². The Morgan fingerprint density at radius 1 is 1.47 bits per heavy atom. The Bertz CT molecular complexity index is 481. The number of nitrogens with zero attached hydrogens (tertiary/aromatic N) is 3. The number of hydrogen-bond donors (Lipinski definition) is 1. The lowest BCUT2D eigenvalue weighted by atomic mass is 10.2. The van der Waals surface area contributed by atoms with Crippen molar-refractivity contribution in [2.24, 2.45) is 7.05 Å². The quantitative estimate of drug-likeness (QED) is 0.848. The van der Waals surface area contributed by atoms with Crippen molar-refractivity contribution in [2.75, 3.05) is 19.0 Å². The van der Waals surface area contributed by atoms with Gasteiger partial charge in [0.1, 0.15) is 0 Å². The van der Waals surface area contributed by atoms with E-state index in [1.54, 1.807) is 18.0 Å². The molecule has 0 atom stereocenters. The first-order valence-corrected chi connectivity index (χ1v) is 5.50. The summed E-state index contributed by atoms with van der Waals surface area (Å²) in [6, 6.07) is 3.74. The van der Waals surface area contributed by atoms with Crippen LogP contribution in [0.25, 0.3) is 0 Å². The first kappa shape index (κ1) is 11.4.